The molecule has 0 fully saturated rings. The Labute approximate surface area is 148 Å². The van der Waals surface area contributed by atoms with E-state index in [-0.39, 0.29) is 12.1 Å². The fraction of sp³-hybridized carbons (Fsp3) is 0.316. The molecule has 1 aliphatic rings. The highest BCUT2D eigenvalue weighted by Crippen LogP contribution is 2.33. The van der Waals surface area contributed by atoms with Crippen molar-refractivity contribution in [3.05, 3.63) is 51.4 Å². The van der Waals surface area contributed by atoms with E-state index in [1.54, 1.807) is 0 Å². The Morgan fingerprint density at radius 2 is 2.08 bits per heavy atom. The molecule has 3 aromatic rings. The molecule has 2 heterocycles. The lowest BCUT2D eigenvalue weighted by atomic mass is 9.89. The van der Waals surface area contributed by atoms with Gasteiger partial charge in [0.05, 0.1) is 18.8 Å². The summed E-state index contributed by atoms with van der Waals surface area (Å²) in [5.74, 6) is -0.464. The molecule has 5 nitrogen and oxygen atoms in total. The van der Waals surface area contributed by atoms with Crippen LogP contribution >= 0.6 is 11.3 Å². The van der Waals surface area contributed by atoms with Crippen molar-refractivity contribution in [3.63, 3.8) is 0 Å². The highest BCUT2D eigenvalue weighted by atomic mass is 32.1. The molecule has 0 aliphatic heterocycles. The number of thiophene rings is 1. The van der Waals surface area contributed by atoms with Gasteiger partial charge in [-0.25, -0.2) is 4.98 Å². The molecular weight excluding hydrogens is 336 g/mol. The summed E-state index contributed by atoms with van der Waals surface area (Å²) in [5.41, 5.74) is 4.52. The number of aryl methyl sites for hydroxylation is 2. The minimum absolute atomic E-state index is 0.127. The molecule has 6 heteroatoms. The Bertz CT molecular complexity index is 1020. The van der Waals surface area contributed by atoms with E-state index >= 15 is 0 Å². The summed E-state index contributed by atoms with van der Waals surface area (Å²) < 4.78 is 5.96. The summed E-state index contributed by atoms with van der Waals surface area (Å²) in [4.78, 5) is 29.4. The van der Waals surface area contributed by atoms with Crippen LogP contribution in [0.5, 0.6) is 0 Å². The second-order valence-corrected chi connectivity index (χ2v) is 7.13. The van der Waals surface area contributed by atoms with Gasteiger partial charge >= 0.3 is 5.97 Å². The third kappa shape index (κ3) is 2.87. The van der Waals surface area contributed by atoms with Crippen molar-refractivity contribution < 1.29 is 9.53 Å². The predicted molar refractivity (Wildman–Crippen MR) is 98.0 cm³/mol. The van der Waals surface area contributed by atoms with E-state index < -0.39 is 5.97 Å². The van der Waals surface area contributed by atoms with Crippen molar-refractivity contribution in [2.24, 2.45) is 0 Å². The third-order valence-corrected chi connectivity index (χ3v) is 5.63. The summed E-state index contributed by atoms with van der Waals surface area (Å²) in [7, 11) is 1.31. The number of hydrogen-bond donors (Lipinski definition) is 0. The maximum absolute atomic E-state index is 12.8. The predicted octanol–water partition coefficient (Wildman–Crippen LogP) is 3.18. The topological polar surface area (TPSA) is 61.2 Å². The van der Waals surface area contributed by atoms with E-state index in [1.807, 2.05) is 5.38 Å². The number of carbonyl (C=O) groups is 1. The van der Waals surface area contributed by atoms with Gasteiger partial charge in [-0.2, -0.15) is 0 Å². The van der Waals surface area contributed by atoms with Crippen LogP contribution in [0, 0.1) is 0 Å². The monoisotopic (exact) mass is 354 g/mol. The van der Waals surface area contributed by atoms with Gasteiger partial charge in [-0.1, -0.05) is 18.2 Å². The molecule has 4 rings (SSSR count). The van der Waals surface area contributed by atoms with Gasteiger partial charge in [-0.15, -0.1) is 11.3 Å². The zero-order chi connectivity index (χ0) is 17.4. The van der Waals surface area contributed by atoms with Gasteiger partial charge < -0.3 is 4.74 Å². The fourth-order valence-electron chi connectivity index (χ4n) is 3.40. The number of fused-ring (bicyclic) bond motifs is 2. The molecule has 0 N–H and O–H groups in total. The maximum Gasteiger partial charge on any atom is 0.325 e. The summed E-state index contributed by atoms with van der Waals surface area (Å²) in [6.07, 6.45) is 6.10. The van der Waals surface area contributed by atoms with Crippen molar-refractivity contribution >= 4 is 27.5 Å². The average molecular weight is 354 g/mol. The van der Waals surface area contributed by atoms with Crippen LogP contribution in [-0.4, -0.2) is 22.6 Å². The molecular formula is C19H18N2O3S. The van der Waals surface area contributed by atoms with E-state index in [0.717, 1.165) is 24.0 Å². The Balaban J connectivity index is 1.84. The Kier molecular flexibility index (Phi) is 4.13. The molecule has 0 saturated carbocycles. The SMILES string of the molecule is COC(=O)Cn1cnc2scc(-c3ccc4c(c3)CCCC4)c2c1=O. The van der Waals surface area contributed by atoms with Crippen molar-refractivity contribution in [2.75, 3.05) is 7.11 Å². The van der Waals surface area contributed by atoms with Gasteiger partial charge in [-0.3, -0.25) is 14.2 Å². The first-order valence-corrected chi connectivity index (χ1v) is 9.21. The van der Waals surface area contributed by atoms with E-state index in [0.29, 0.717) is 10.2 Å². The first-order valence-electron chi connectivity index (χ1n) is 8.33. The molecule has 0 spiro atoms. The number of hydrogen-bond acceptors (Lipinski definition) is 5. The van der Waals surface area contributed by atoms with E-state index in [9.17, 15) is 9.59 Å². The number of aromatic nitrogens is 2. The zero-order valence-corrected chi connectivity index (χ0v) is 14.8. The van der Waals surface area contributed by atoms with Crippen LogP contribution in [0.4, 0.5) is 0 Å². The highest BCUT2D eigenvalue weighted by Gasteiger charge is 2.16. The number of nitrogens with zero attached hydrogens (tertiary/aromatic N) is 2. The van der Waals surface area contributed by atoms with E-state index in [1.165, 1.54) is 53.3 Å². The lowest BCUT2D eigenvalue weighted by molar-refractivity contribution is -0.141. The summed E-state index contributed by atoms with van der Waals surface area (Å²) in [5, 5.41) is 2.55. The molecule has 2 aromatic heterocycles. The molecule has 0 unspecified atom stereocenters. The molecule has 0 atom stereocenters. The highest BCUT2D eigenvalue weighted by molar-refractivity contribution is 7.17. The van der Waals surface area contributed by atoms with Crippen molar-refractivity contribution in [1.82, 2.24) is 9.55 Å². The molecule has 1 aromatic carbocycles. The molecule has 0 amide bonds. The van der Waals surface area contributed by atoms with E-state index in [2.05, 4.69) is 27.9 Å². The van der Waals surface area contributed by atoms with Crippen LogP contribution in [0.1, 0.15) is 24.0 Å². The quantitative estimate of drug-likeness (QED) is 0.678. The molecule has 1 aliphatic carbocycles. The summed E-state index contributed by atoms with van der Waals surface area (Å²) in [6.45, 7) is -0.127. The van der Waals surface area contributed by atoms with Gasteiger partial charge in [0.25, 0.3) is 5.56 Å². The summed E-state index contributed by atoms with van der Waals surface area (Å²) >= 11 is 1.45. The molecule has 128 valence electrons. The Morgan fingerprint density at radius 3 is 2.88 bits per heavy atom. The lowest BCUT2D eigenvalue weighted by Gasteiger charge is -2.16. The number of rotatable bonds is 3. The van der Waals surface area contributed by atoms with Gasteiger partial charge in [0.2, 0.25) is 0 Å². The van der Waals surface area contributed by atoms with Gasteiger partial charge in [0.1, 0.15) is 11.4 Å². The van der Waals surface area contributed by atoms with E-state index in [4.69, 9.17) is 0 Å². The van der Waals surface area contributed by atoms with Crippen LogP contribution in [0.3, 0.4) is 0 Å². The van der Waals surface area contributed by atoms with Crippen LogP contribution in [-0.2, 0) is 28.9 Å². The average Bonchev–Trinajstić information content (AvgIpc) is 3.08. The lowest BCUT2D eigenvalue weighted by Crippen LogP contribution is -2.25. The number of carbonyl (C=O) groups excluding carboxylic acids is 1. The smallest absolute Gasteiger partial charge is 0.325 e. The standard InChI is InChI=1S/C19H18N2O3S/c1-24-16(22)9-21-11-20-18-17(19(21)23)15(10-25-18)14-7-6-12-4-2-3-5-13(12)8-14/h6-8,10-11H,2-5,9H2,1H3. The molecule has 0 saturated heterocycles. The zero-order valence-electron chi connectivity index (χ0n) is 13.9. The molecule has 0 bridgehead atoms. The minimum Gasteiger partial charge on any atom is -0.468 e. The van der Waals surface area contributed by atoms with Crippen molar-refractivity contribution in [3.8, 4) is 11.1 Å². The van der Waals surface area contributed by atoms with Crippen LogP contribution in [0.25, 0.3) is 21.3 Å². The summed E-state index contributed by atoms with van der Waals surface area (Å²) in [6, 6.07) is 6.46. The van der Waals surface area contributed by atoms with Gasteiger partial charge in [0, 0.05) is 10.9 Å². The Hall–Kier alpha value is -2.47. The first-order chi connectivity index (χ1) is 12.2. The van der Waals surface area contributed by atoms with Gasteiger partial charge in [0.15, 0.2) is 0 Å². The second-order valence-electron chi connectivity index (χ2n) is 6.27. The van der Waals surface area contributed by atoms with Crippen LogP contribution in [0.15, 0.2) is 34.7 Å². The largest absolute Gasteiger partial charge is 0.468 e. The second kappa shape index (κ2) is 6.44. The van der Waals surface area contributed by atoms with Crippen LogP contribution in [0.2, 0.25) is 0 Å². The number of methoxy groups -OCH3 is 1. The van der Waals surface area contributed by atoms with Crippen LogP contribution < -0.4 is 5.56 Å². The molecule has 25 heavy (non-hydrogen) atoms. The van der Waals surface area contributed by atoms with Crippen molar-refractivity contribution in [2.45, 2.75) is 32.2 Å². The third-order valence-electron chi connectivity index (χ3n) is 4.75. The van der Waals surface area contributed by atoms with Crippen molar-refractivity contribution in [1.29, 1.82) is 0 Å². The number of esters is 1. The normalized spacial score (nSPS) is 13.6. The number of benzene rings is 1. The Morgan fingerprint density at radius 1 is 1.28 bits per heavy atom. The fourth-order valence-corrected chi connectivity index (χ4v) is 4.30. The maximum atomic E-state index is 12.8. The minimum atomic E-state index is -0.464. The molecule has 0 radical (unpaired) electrons. The van der Waals surface area contributed by atoms with Gasteiger partial charge in [-0.05, 0) is 42.4 Å². The number of ether oxygens (including phenoxy) is 1. The first kappa shape index (κ1) is 16.0.